The molecule has 0 radical (unpaired) electrons. The number of carbonyl (C=O) groups is 3. The highest BCUT2D eigenvalue weighted by Gasteiger charge is 2.14. The van der Waals surface area contributed by atoms with E-state index in [2.05, 4.69) is 25.1 Å². The van der Waals surface area contributed by atoms with Crippen molar-refractivity contribution in [2.24, 2.45) is 0 Å². The summed E-state index contributed by atoms with van der Waals surface area (Å²) in [5.41, 5.74) is 2.03. The summed E-state index contributed by atoms with van der Waals surface area (Å²) in [6.07, 6.45) is 4.50. The molecule has 0 atom stereocenters. The number of amides is 1. The van der Waals surface area contributed by atoms with Crippen molar-refractivity contribution in [3.8, 4) is 0 Å². The molecule has 0 bridgehead atoms. The average Bonchev–Trinajstić information content (AvgIpc) is 3.24. The fraction of sp³-hybridized carbons (Fsp3) is 0.136. The second-order valence-electron chi connectivity index (χ2n) is 6.43. The molecule has 1 amide bonds. The van der Waals surface area contributed by atoms with Crippen molar-refractivity contribution in [1.29, 1.82) is 0 Å². The fourth-order valence-electron chi connectivity index (χ4n) is 2.75. The van der Waals surface area contributed by atoms with Crippen LogP contribution in [-0.2, 0) is 20.8 Å². The van der Waals surface area contributed by atoms with Crippen LogP contribution >= 0.6 is 0 Å². The molecule has 158 valence electrons. The van der Waals surface area contributed by atoms with Crippen LogP contribution in [0.15, 0.2) is 60.8 Å². The van der Waals surface area contributed by atoms with Crippen LogP contribution in [0.25, 0.3) is 6.08 Å². The van der Waals surface area contributed by atoms with E-state index in [0.717, 1.165) is 5.56 Å². The Morgan fingerprint density at radius 3 is 2.26 bits per heavy atom. The Balaban J connectivity index is 1.69. The van der Waals surface area contributed by atoms with E-state index in [1.165, 1.54) is 44.6 Å². The van der Waals surface area contributed by atoms with Gasteiger partial charge in [0.1, 0.15) is 5.69 Å². The Bertz CT molecular complexity index is 1090. The Labute approximate surface area is 178 Å². The molecule has 3 rings (SSSR count). The fourth-order valence-corrected chi connectivity index (χ4v) is 2.75. The zero-order valence-electron chi connectivity index (χ0n) is 16.9. The lowest BCUT2D eigenvalue weighted by Gasteiger charge is -2.08. The SMILES string of the molecule is COC(=O)c1cc(NC(=O)/C=C/c2cn(Cc3ccccc3)nn2)cc(C(=O)OC)c1. The van der Waals surface area contributed by atoms with Gasteiger partial charge in [0.25, 0.3) is 0 Å². The summed E-state index contributed by atoms with van der Waals surface area (Å²) >= 11 is 0. The van der Waals surface area contributed by atoms with E-state index in [-0.39, 0.29) is 16.8 Å². The standard InChI is InChI=1S/C22H20N4O5/c1-30-21(28)16-10-17(22(29)31-2)12-19(11-16)23-20(27)9-8-18-14-26(25-24-18)13-15-6-4-3-5-7-15/h3-12,14H,13H2,1-2H3,(H,23,27)/b9-8+. The Hall–Kier alpha value is -4.27. The largest absolute Gasteiger partial charge is 0.465 e. The van der Waals surface area contributed by atoms with E-state index < -0.39 is 17.8 Å². The molecule has 0 aliphatic carbocycles. The molecule has 0 spiro atoms. The first-order valence-electron chi connectivity index (χ1n) is 9.23. The number of rotatable bonds is 7. The summed E-state index contributed by atoms with van der Waals surface area (Å²) in [7, 11) is 2.44. The van der Waals surface area contributed by atoms with Gasteiger partial charge in [0.05, 0.1) is 38.1 Å². The number of hydrogen-bond acceptors (Lipinski definition) is 7. The Morgan fingerprint density at radius 1 is 1.00 bits per heavy atom. The van der Waals surface area contributed by atoms with E-state index >= 15 is 0 Å². The minimum atomic E-state index is -0.646. The zero-order valence-corrected chi connectivity index (χ0v) is 16.9. The van der Waals surface area contributed by atoms with Crippen molar-refractivity contribution >= 4 is 29.6 Å². The molecule has 0 aliphatic rings. The third kappa shape index (κ3) is 5.86. The summed E-state index contributed by atoms with van der Waals surface area (Å²) in [5.74, 6) is -1.77. The monoisotopic (exact) mass is 420 g/mol. The Morgan fingerprint density at radius 2 is 1.65 bits per heavy atom. The summed E-state index contributed by atoms with van der Waals surface area (Å²) in [5, 5.41) is 10.6. The number of carbonyl (C=O) groups excluding carboxylic acids is 3. The molecule has 1 N–H and O–H groups in total. The predicted octanol–water partition coefficient (Wildman–Crippen LogP) is 2.55. The number of esters is 2. The van der Waals surface area contributed by atoms with Crippen molar-refractivity contribution in [3.63, 3.8) is 0 Å². The minimum Gasteiger partial charge on any atom is -0.465 e. The van der Waals surface area contributed by atoms with Gasteiger partial charge in [-0.05, 0) is 29.8 Å². The molecule has 0 saturated heterocycles. The first-order chi connectivity index (χ1) is 15.0. The highest BCUT2D eigenvalue weighted by molar-refractivity contribution is 6.04. The van der Waals surface area contributed by atoms with Crippen molar-refractivity contribution < 1.29 is 23.9 Å². The maximum Gasteiger partial charge on any atom is 0.337 e. The van der Waals surface area contributed by atoms with Crippen molar-refractivity contribution in [1.82, 2.24) is 15.0 Å². The molecule has 3 aromatic rings. The number of ether oxygens (including phenoxy) is 2. The van der Waals surface area contributed by atoms with Gasteiger partial charge in [-0.2, -0.15) is 0 Å². The highest BCUT2D eigenvalue weighted by Crippen LogP contribution is 2.17. The van der Waals surface area contributed by atoms with Gasteiger partial charge >= 0.3 is 11.9 Å². The van der Waals surface area contributed by atoms with Gasteiger partial charge in [-0.3, -0.25) is 4.79 Å². The van der Waals surface area contributed by atoms with Crippen LogP contribution in [0.2, 0.25) is 0 Å². The maximum absolute atomic E-state index is 12.3. The van der Waals surface area contributed by atoms with Crippen molar-refractivity contribution in [2.45, 2.75) is 6.54 Å². The van der Waals surface area contributed by atoms with Gasteiger partial charge in [-0.1, -0.05) is 35.5 Å². The summed E-state index contributed by atoms with van der Waals surface area (Å²) < 4.78 is 11.0. The predicted molar refractivity (Wildman–Crippen MR) is 112 cm³/mol. The quantitative estimate of drug-likeness (QED) is 0.462. The average molecular weight is 420 g/mol. The number of hydrogen-bond donors (Lipinski definition) is 1. The third-order valence-corrected chi connectivity index (χ3v) is 4.19. The lowest BCUT2D eigenvalue weighted by molar-refractivity contribution is -0.111. The Kier molecular flexibility index (Phi) is 6.89. The molecule has 0 aliphatic heterocycles. The third-order valence-electron chi connectivity index (χ3n) is 4.19. The van der Waals surface area contributed by atoms with Gasteiger partial charge < -0.3 is 14.8 Å². The van der Waals surface area contributed by atoms with Gasteiger partial charge in [0.15, 0.2) is 0 Å². The molecule has 0 saturated carbocycles. The van der Waals surface area contributed by atoms with Crippen LogP contribution in [-0.4, -0.2) is 47.1 Å². The lowest BCUT2D eigenvalue weighted by Crippen LogP contribution is -2.12. The molecular formula is C22H20N4O5. The van der Waals surface area contributed by atoms with Gasteiger partial charge in [-0.15, -0.1) is 5.10 Å². The van der Waals surface area contributed by atoms with E-state index in [4.69, 9.17) is 0 Å². The van der Waals surface area contributed by atoms with Crippen molar-refractivity contribution in [2.75, 3.05) is 19.5 Å². The minimum absolute atomic E-state index is 0.105. The van der Waals surface area contributed by atoms with Gasteiger partial charge in [-0.25, -0.2) is 14.3 Å². The lowest BCUT2D eigenvalue weighted by atomic mass is 10.1. The molecule has 1 heterocycles. The summed E-state index contributed by atoms with van der Waals surface area (Å²) in [6, 6.07) is 13.9. The smallest absolute Gasteiger partial charge is 0.337 e. The van der Waals surface area contributed by atoms with E-state index in [1.54, 1.807) is 10.9 Å². The van der Waals surface area contributed by atoms with E-state index in [9.17, 15) is 14.4 Å². The first kappa shape index (κ1) is 21.4. The number of nitrogens with one attached hydrogen (secondary N) is 1. The van der Waals surface area contributed by atoms with Crippen LogP contribution in [0.5, 0.6) is 0 Å². The van der Waals surface area contributed by atoms with Crippen LogP contribution in [0.3, 0.4) is 0 Å². The van der Waals surface area contributed by atoms with E-state index in [1.807, 2.05) is 30.3 Å². The molecule has 1 aromatic heterocycles. The zero-order chi connectivity index (χ0) is 22.2. The second-order valence-corrected chi connectivity index (χ2v) is 6.43. The molecule has 0 unspecified atom stereocenters. The number of methoxy groups -OCH3 is 2. The molecule has 9 heteroatoms. The second kappa shape index (κ2) is 9.97. The summed E-state index contributed by atoms with van der Waals surface area (Å²) in [6.45, 7) is 0.560. The molecule has 31 heavy (non-hydrogen) atoms. The van der Waals surface area contributed by atoms with Crippen LogP contribution in [0, 0.1) is 0 Å². The molecule has 0 fully saturated rings. The summed E-state index contributed by atoms with van der Waals surface area (Å²) in [4.78, 5) is 36.0. The van der Waals surface area contributed by atoms with Crippen molar-refractivity contribution in [3.05, 3.63) is 83.2 Å². The molecular weight excluding hydrogens is 400 g/mol. The molecule has 2 aromatic carbocycles. The molecule has 9 nitrogen and oxygen atoms in total. The first-order valence-corrected chi connectivity index (χ1v) is 9.23. The normalized spacial score (nSPS) is 10.6. The number of anilines is 1. The highest BCUT2D eigenvalue weighted by atomic mass is 16.5. The number of nitrogens with zero attached hydrogens (tertiary/aromatic N) is 3. The van der Waals surface area contributed by atoms with Gasteiger partial charge in [0.2, 0.25) is 5.91 Å². The topological polar surface area (TPSA) is 112 Å². The number of benzene rings is 2. The maximum atomic E-state index is 12.3. The van der Waals surface area contributed by atoms with Crippen LogP contribution < -0.4 is 5.32 Å². The van der Waals surface area contributed by atoms with Crippen LogP contribution in [0.1, 0.15) is 32.0 Å². The number of aromatic nitrogens is 3. The van der Waals surface area contributed by atoms with Gasteiger partial charge in [0, 0.05) is 11.8 Å². The van der Waals surface area contributed by atoms with E-state index in [0.29, 0.717) is 12.2 Å². The van der Waals surface area contributed by atoms with Crippen LogP contribution in [0.4, 0.5) is 5.69 Å².